The molecule has 1 amide bonds. The molecule has 21 heavy (non-hydrogen) atoms. The van der Waals surface area contributed by atoms with E-state index in [1.807, 2.05) is 0 Å². The summed E-state index contributed by atoms with van der Waals surface area (Å²) in [4.78, 5) is 15.0. The van der Waals surface area contributed by atoms with E-state index in [1.165, 1.54) is 13.0 Å². The van der Waals surface area contributed by atoms with Crippen molar-refractivity contribution in [1.82, 2.24) is 15.5 Å². The molecule has 0 bridgehead atoms. The van der Waals surface area contributed by atoms with Gasteiger partial charge in [-0.1, -0.05) is 13.8 Å². The first kappa shape index (κ1) is 21.0. The maximum Gasteiger partial charge on any atom is 0.240 e. The van der Waals surface area contributed by atoms with Crippen molar-refractivity contribution >= 4 is 30.7 Å². The molecule has 2 fully saturated rings. The Morgan fingerprint density at radius 1 is 1.29 bits per heavy atom. The van der Waals surface area contributed by atoms with Gasteiger partial charge in [0.25, 0.3) is 0 Å². The van der Waals surface area contributed by atoms with Crippen LogP contribution in [0, 0.1) is 0 Å². The summed E-state index contributed by atoms with van der Waals surface area (Å²) in [5.41, 5.74) is -0.277. The first-order valence-corrected chi connectivity index (χ1v) is 7.98. The third-order valence-corrected chi connectivity index (χ3v) is 4.74. The van der Waals surface area contributed by atoms with Crippen LogP contribution in [0.2, 0.25) is 0 Å². The molecule has 2 rings (SSSR count). The van der Waals surface area contributed by atoms with E-state index < -0.39 is 0 Å². The smallest absolute Gasteiger partial charge is 0.240 e. The van der Waals surface area contributed by atoms with E-state index in [9.17, 15) is 4.79 Å². The Hall–Kier alpha value is -0.0300. The Morgan fingerprint density at radius 3 is 2.43 bits per heavy atom. The molecule has 2 N–H and O–H groups in total. The minimum absolute atomic E-state index is 0. The molecule has 0 spiro atoms. The van der Waals surface area contributed by atoms with Gasteiger partial charge in [0, 0.05) is 19.1 Å². The number of rotatable bonds is 5. The standard InChI is InChI=1S/C15H29N3O.2ClH/c1-3-10-18-11-6-13(7-12-18)17-14(19)15(4-2)8-5-9-16-15;;/h13,16H,3-12H2,1-2H3,(H,17,19);2*1H. The van der Waals surface area contributed by atoms with Gasteiger partial charge < -0.3 is 15.5 Å². The first-order chi connectivity index (χ1) is 9.20. The molecule has 0 radical (unpaired) electrons. The van der Waals surface area contributed by atoms with Crippen molar-refractivity contribution in [2.45, 2.75) is 64.0 Å². The molecule has 1 unspecified atom stereocenters. The van der Waals surface area contributed by atoms with Gasteiger partial charge in [-0.25, -0.2) is 0 Å². The Labute approximate surface area is 141 Å². The normalized spacial score (nSPS) is 26.8. The number of carbonyl (C=O) groups excluding carboxylic acids is 1. The maximum atomic E-state index is 12.5. The van der Waals surface area contributed by atoms with Gasteiger partial charge >= 0.3 is 0 Å². The lowest BCUT2D eigenvalue weighted by Crippen LogP contribution is -2.56. The molecule has 0 aromatic carbocycles. The summed E-state index contributed by atoms with van der Waals surface area (Å²) >= 11 is 0. The second-order valence-electron chi connectivity index (χ2n) is 6.06. The van der Waals surface area contributed by atoms with Crippen LogP contribution in [-0.2, 0) is 4.79 Å². The van der Waals surface area contributed by atoms with Crippen LogP contribution < -0.4 is 10.6 Å². The van der Waals surface area contributed by atoms with E-state index in [1.54, 1.807) is 0 Å². The Balaban J connectivity index is 0.00000200. The largest absolute Gasteiger partial charge is 0.352 e. The SMILES string of the molecule is CCCN1CCC(NC(=O)C2(CC)CCCN2)CC1.Cl.Cl. The van der Waals surface area contributed by atoms with Crippen molar-refractivity contribution in [1.29, 1.82) is 0 Å². The number of hydrogen-bond donors (Lipinski definition) is 2. The van der Waals surface area contributed by atoms with Crippen LogP contribution in [0.5, 0.6) is 0 Å². The van der Waals surface area contributed by atoms with Crippen molar-refractivity contribution in [3.63, 3.8) is 0 Å². The van der Waals surface area contributed by atoms with E-state index in [0.717, 1.165) is 51.7 Å². The maximum absolute atomic E-state index is 12.5. The molecule has 0 aliphatic carbocycles. The van der Waals surface area contributed by atoms with Gasteiger partial charge in [0.1, 0.15) is 0 Å². The van der Waals surface area contributed by atoms with Crippen LogP contribution in [0.1, 0.15) is 52.4 Å². The van der Waals surface area contributed by atoms with Gasteiger partial charge in [0.05, 0.1) is 5.54 Å². The molecule has 4 nitrogen and oxygen atoms in total. The fraction of sp³-hybridized carbons (Fsp3) is 0.933. The number of amides is 1. The van der Waals surface area contributed by atoms with Gasteiger partial charge in [0.15, 0.2) is 0 Å². The predicted molar refractivity (Wildman–Crippen MR) is 92.7 cm³/mol. The molecular weight excluding hydrogens is 309 g/mol. The molecule has 6 heteroatoms. The molecule has 2 heterocycles. The van der Waals surface area contributed by atoms with E-state index in [2.05, 4.69) is 29.4 Å². The van der Waals surface area contributed by atoms with Crippen molar-refractivity contribution in [3.8, 4) is 0 Å². The van der Waals surface area contributed by atoms with Crippen molar-refractivity contribution in [2.75, 3.05) is 26.2 Å². The van der Waals surface area contributed by atoms with Gasteiger partial charge in [-0.2, -0.15) is 0 Å². The summed E-state index contributed by atoms with van der Waals surface area (Å²) in [5, 5.41) is 6.70. The quantitative estimate of drug-likeness (QED) is 0.808. The molecule has 2 saturated heterocycles. The van der Waals surface area contributed by atoms with Gasteiger partial charge in [-0.15, -0.1) is 24.8 Å². The number of piperidine rings is 1. The first-order valence-electron chi connectivity index (χ1n) is 7.98. The summed E-state index contributed by atoms with van der Waals surface area (Å²) < 4.78 is 0. The summed E-state index contributed by atoms with van der Waals surface area (Å²) in [5.74, 6) is 0.237. The van der Waals surface area contributed by atoms with E-state index in [0.29, 0.717) is 6.04 Å². The molecule has 0 saturated carbocycles. The highest BCUT2D eigenvalue weighted by Gasteiger charge is 2.39. The van der Waals surface area contributed by atoms with Crippen molar-refractivity contribution < 1.29 is 4.79 Å². The second-order valence-corrected chi connectivity index (χ2v) is 6.06. The number of halogens is 2. The number of nitrogens with zero attached hydrogens (tertiary/aromatic N) is 1. The molecule has 126 valence electrons. The highest BCUT2D eigenvalue weighted by atomic mass is 35.5. The average molecular weight is 340 g/mol. The summed E-state index contributed by atoms with van der Waals surface area (Å²) in [6, 6.07) is 0.381. The minimum atomic E-state index is -0.277. The summed E-state index contributed by atoms with van der Waals surface area (Å²) in [6.45, 7) is 8.78. The molecule has 2 aliphatic rings. The molecule has 2 aliphatic heterocycles. The van der Waals surface area contributed by atoms with Gasteiger partial charge in [0.2, 0.25) is 5.91 Å². The van der Waals surface area contributed by atoms with Crippen LogP contribution in [0.3, 0.4) is 0 Å². The third-order valence-electron chi connectivity index (χ3n) is 4.74. The predicted octanol–water partition coefficient (Wildman–Crippen LogP) is 2.35. The summed E-state index contributed by atoms with van der Waals surface area (Å²) in [6.07, 6.45) is 6.44. The van der Waals surface area contributed by atoms with Crippen LogP contribution in [0.25, 0.3) is 0 Å². The number of carbonyl (C=O) groups is 1. The topological polar surface area (TPSA) is 44.4 Å². The van der Waals surface area contributed by atoms with Gasteiger partial charge in [-0.05, 0) is 51.6 Å². The lowest BCUT2D eigenvalue weighted by molar-refractivity contribution is -0.128. The second kappa shape index (κ2) is 9.88. The van der Waals surface area contributed by atoms with E-state index in [-0.39, 0.29) is 36.3 Å². The monoisotopic (exact) mass is 339 g/mol. The van der Waals surface area contributed by atoms with Crippen LogP contribution in [0.4, 0.5) is 0 Å². The Kier molecular flexibility index (Phi) is 9.87. The van der Waals surface area contributed by atoms with Gasteiger partial charge in [-0.3, -0.25) is 4.79 Å². The molecular formula is C15H31Cl2N3O. The van der Waals surface area contributed by atoms with E-state index in [4.69, 9.17) is 0 Å². The van der Waals surface area contributed by atoms with Crippen molar-refractivity contribution in [3.05, 3.63) is 0 Å². The van der Waals surface area contributed by atoms with Crippen LogP contribution in [0.15, 0.2) is 0 Å². The lowest BCUT2D eigenvalue weighted by Gasteiger charge is -2.35. The number of likely N-dealkylation sites (tertiary alicyclic amines) is 1. The average Bonchev–Trinajstić information content (AvgIpc) is 2.91. The molecule has 1 atom stereocenters. The molecule has 0 aromatic rings. The minimum Gasteiger partial charge on any atom is -0.352 e. The molecule has 0 aromatic heterocycles. The lowest BCUT2D eigenvalue weighted by atomic mass is 9.92. The van der Waals surface area contributed by atoms with Crippen LogP contribution in [-0.4, -0.2) is 48.6 Å². The van der Waals surface area contributed by atoms with Crippen molar-refractivity contribution in [2.24, 2.45) is 0 Å². The number of hydrogen-bond acceptors (Lipinski definition) is 3. The Morgan fingerprint density at radius 2 is 1.95 bits per heavy atom. The zero-order chi connectivity index (χ0) is 13.7. The summed E-state index contributed by atoms with van der Waals surface area (Å²) in [7, 11) is 0. The third kappa shape index (κ3) is 5.27. The zero-order valence-corrected chi connectivity index (χ0v) is 15.0. The number of nitrogens with one attached hydrogen (secondary N) is 2. The van der Waals surface area contributed by atoms with Crippen LogP contribution >= 0.6 is 24.8 Å². The highest BCUT2D eigenvalue weighted by Crippen LogP contribution is 2.24. The Bertz CT molecular complexity index is 301. The zero-order valence-electron chi connectivity index (χ0n) is 13.3. The fourth-order valence-corrected chi connectivity index (χ4v) is 3.40. The van der Waals surface area contributed by atoms with E-state index >= 15 is 0 Å². The highest BCUT2D eigenvalue weighted by molar-refractivity contribution is 5.87. The fourth-order valence-electron chi connectivity index (χ4n) is 3.40.